The maximum absolute atomic E-state index is 13.1. The summed E-state index contributed by atoms with van der Waals surface area (Å²) >= 11 is 0. The van der Waals surface area contributed by atoms with Gasteiger partial charge >= 0.3 is 0 Å². The van der Waals surface area contributed by atoms with Crippen molar-refractivity contribution in [1.29, 1.82) is 5.26 Å². The van der Waals surface area contributed by atoms with Gasteiger partial charge in [-0.05, 0) is 13.0 Å². The fraction of sp³-hybridized carbons (Fsp3) is 0.278. The highest BCUT2D eigenvalue weighted by Crippen LogP contribution is 2.32. The van der Waals surface area contributed by atoms with Gasteiger partial charge in [-0.25, -0.2) is 4.98 Å². The van der Waals surface area contributed by atoms with E-state index in [9.17, 15) is 10.1 Å². The van der Waals surface area contributed by atoms with Gasteiger partial charge in [0.2, 0.25) is 0 Å². The molecule has 1 amide bonds. The number of benzene rings is 1. The van der Waals surface area contributed by atoms with E-state index in [1.165, 1.54) is 0 Å². The van der Waals surface area contributed by atoms with Crippen LogP contribution in [-0.4, -0.2) is 31.9 Å². The first kappa shape index (κ1) is 14.5. The number of amides is 1. The molecule has 24 heavy (non-hydrogen) atoms. The van der Waals surface area contributed by atoms with E-state index in [4.69, 9.17) is 0 Å². The van der Waals surface area contributed by atoms with Gasteiger partial charge in [-0.3, -0.25) is 4.79 Å². The van der Waals surface area contributed by atoms with Crippen LogP contribution in [0.5, 0.6) is 0 Å². The maximum atomic E-state index is 13.1. The monoisotopic (exact) mass is 319 g/mol. The topological polar surface area (TPSA) is 77.7 Å². The zero-order chi connectivity index (χ0) is 16.8. The number of fused-ring (bicyclic) bond motifs is 3. The molecule has 1 N–H and O–H groups in total. The van der Waals surface area contributed by atoms with Crippen LogP contribution >= 0.6 is 0 Å². The summed E-state index contributed by atoms with van der Waals surface area (Å²) in [4.78, 5) is 22.3. The number of imidazole rings is 1. The van der Waals surface area contributed by atoms with Crippen LogP contribution in [0, 0.1) is 18.3 Å². The molecule has 0 radical (unpaired) electrons. The van der Waals surface area contributed by atoms with Crippen LogP contribution in [0.1, 0.15) is 33.0 Å². The van der Waals surface area contributed by atoms with Crippen LogP contribution in [-0.2, 0) is 20.0 Å². The molecule has 6 nitrogen and oxygen atoms in total. The van der Waals surface area contributed by atoms with Gasteiger partial charge in [0.25, 0.3) is 5.91 Å². The largest absolute Gasteiger partial charge is 0.348 e. The predicted octanol–water partition coefficient (Wildman–Crippen LogP) is 2.28. The van der Waals surface area contributed by atoms with Crippen molar-refractivity contribution in [2.24, 2.45) is 7.05 Å². The van der Waals surface area contributed by atoms with E-state index in [-0.39, 0.29) is 5.91 Å². The fourth-order valence-electron chi connectivity index (χ4n) is 3.57. The Labute approximate surface area is 139 Å². The molecule has 6 heteroatoms. The number of carbonyl (C=O) groups is 1. The number of nitrogens with zero attached hydrogens (tertiary/aromatic N) is 4. The Balaban J connectivity index is 1.82. The normalized spacial score (nSPS) is 14.0. The number of rotatable bonds is 2. The standard InChI is InChI=1S/C18H17N5O/c1-11-14(21-10-20-11)9-23-7-6-15-16(18(23)24)13-5-3-4-12(8-19)17(13)22(15)2/h3-5,10H,6-7,9H2,1-2H3,(H,20,21). The Hall–Kier alpha value is -3.07. The van der Waals surface area contributed by atoms with Gasteiger partial charge in [0.05, 0.1) is 35.2 Å². The Bertz CT molecular complexity index is 1000. The van der Waals surface area contributed by atoms with Gasteiger partial charge in [-0.15, -0.1) is 0 Å². The first-order valence-corrected chi connectivity index (χ1v) is 7.90. The van der Waals surface area contributed by atoms with Crippen LogP contribution in [0.2, 0.25) is 0 Å². The molecule has 0 bridgehead atoms. The summed E-state index contributed by atoms with van der Waals surface area (Å²) in [6, 6.07) is 7.79. The third-order valence-corrected chi connectivity index (χ3v) is 4.85. The first-order valence-electron chi connectivity index (χ1n) is 7.90. The summed E-state index contributed by atoms with van der Waals surface area (Å²) in [6.45, 7) is 3.12. The highest BCUT2D eigenvalue weighted by Gasteiger charge is 2.31. The number of aryl methyl sites for hydroxylation is 2. The lowest BCUT2D eigenvalue weighted by Gasteiger charge is -2.27. The third kappa shape index (κ3) is 1.95. The van der Waals surface area contributed by atoms with Gasteiger partial charge in [-0.2, -0.15) is 5.26 Å². The number of carbonyl (C=O) groups excluding carboxylic acids is 1. The molecule has 4 rings (SSSR count). The Morgan fingerprint density at radius 3 is 2.96 bits per heavy atom. The van der Waals surface area contributed by atoms with Gasteiger partial charge in [0, 0.05) is 36.8 Å². The van der Waals surface area contributed by atoms with Crippen LogP contribution < -0.4 is 0 Å². The second kappa shape index (κ2) is 5.24. The molecule has 1 aliphatic heterocycles. The lowest BCUT2D eigenvalue weighted by Crippen LogP contribution is -2.37. The SMILES string of the molecule is Cc1[nH]cnc1CN1CCc2c(c3cccc(C#N)c3n2C)C1=O. The molecule has 3 aromatic rings. The molecule has 0 atom stereocenters. The number of nitriles is 1. The second-order valence-corrected chi connectivity index (χ2v) is 6.15. The minimum atomic E-state index is 0.0133. The minimum absolute atomic E-state index is 0.0133. The van der Waals surface area contributed by atoms with Crippen molar-refractivity contribution in [1.82, 2.24) is 19.4 Å². The van der Waals surface area contributed by atoms with Crippen LogP contribution in [0.25, 0.3) is 10.9 Å². The molecular formula is C18H17N5O. The van der Waals surface area contributed by atoms with Crippen molar-refractivity contribution in [3.63, 3.8) is 0 Å². The number of para-hydroxylation sites is 1. The van der Waals surface area contributed by atoms with Gasteiger partial charge < -0.3 is 14.5 Å². The van der Waals surface area contributed by atoms with Crippen LogP contribution in [0.3, 0.4) is 0 Å². The van der Waals surface area contributed by atoms with E-state index in [1.54, 1.807) is 12.4 Å². The molecule has 3 heterocycles. The molecule has 0 saturated carbocycles. The van der Waals surface area contributed by atoms with Gasteiger partial charge in [-0.1, -0.05) is 12.1 Å². The number of hydrogen-bond acceptors (Lipinski definition) is 3. The predicted molar refractivity (Wildman–Crippen MR) is 89.4 cm³/mol. The number of hydrogen-bond donors (Lipinski definition) is 1. The van der Waals surface area contributed by atoms with Crippen molar-refractivity contribution in [3.05, 3.63) is 52.7 Å². The number of nitrogens with one attached hydrogen (secondary N) is 1. The molecule has 1 aromatic carbocycles. The smallest absolute Gasteiger partial charge is 0.256 e. The fourth-order valence-corrected chi connectivity index (χ4v) is 3.57. The summed E-state index contributed by atoms with van der Waals surface area (Å²) < 4.78 is 2.00. The number of H-pyrrole nitrogens is 1. The quantitative estimate of drug-likeness (QED) is 0.787. The summed E-state index contributed by atoms with van der Waals surface area (Å²) in [5, 5.41) is 10.2. The summed E-state index contributed by atoms with van der Waals surface area (Å²) in [5.74, 6) is 0.0133. The Morgan fingerprint density at radius 2 is 2.25 bits per heavy atom. The molecule has 0 saturated heterocycles. The highest BCUT2D eigenvalue weighted by atomic mass is 16.2. The minimum Gasteiger partial charge on any atom is -0.348 e. The van der Waals surface area contributed by atoms with Crippen molar-refractivity contribution in [3.8, 4) is 6.07 Å². The van der Waals surface area contributed by atoms with Crippen molar-refractivity contribution in [2.45, 2.75) is 19.9 Å². The molecule has 0 unspecified atom stereocenters. The van der Waals surface area contributed by atoms with Crippen molar-refractivity contribution < 1.29 is 4.79 Å². The van der Waals surface area contributed by atoms with Crippen molar-refractivity contribution >= 4 is 16.8 Å². The second-order valence-electron chi connectivity index (χ2n) is 6.15. The van der Waals surface area contributed by atoms with E-state index < -0.39 is 0 Å². The van der Waals surface area contributed by atoms with Crippen LogP contribution in [0.4, 0.5) is 0 Å². The van der Waals surface area contributed by atoms with Crippen LogP contribution in [0.15, 0.2) is 24.5 Å². The molecule has 0 fully saturated rings. The molecule has 0 aliphatic carbocycles. The number of aromatic nitrogens is 3. The molecule has 1 aliphatic rings. The summed E-state index contributed by atoms with van der Waals surface area (Å²) in [6.07, 6.45) is 2.43. The lowest BCUT2D eigenvalue weighted by molar-refractivity contribution is 0.0725. The number of aromatic amines is 1. The van der Waals surface area contributed by atoms with Crippen molar-refractivity contribution in [2.75, 3.05) is 6.54 Å². The highest BCUT2D eigenvalue weighted by molar-refractivity contribution is 6.10. The average molecular weight is 319 g/mol. The van der Waals surface area contributed by atoms with E-state index >= 15 is 0 Å². The van der Waals surface area contributed by atoms with Gasteiger partial charge in [0.15, 0.2) is 0 Å². The lowest BCUT2D eigenvalue weighted by atomic mass is 10.0. The van der Waals surface area contributed by atoms with E-state index in [0.29, 0.717) is 18.7 Å². The Kier molecular flexibility index (Phi) is 3.17. The zero-order valence-electron chi connectivity index (χ0n) is 13.6. The van der Waals surface area contributed by atoms with E-state index in [0.717, 1.165) is 40.0 Å². The molecule has 120 valence electrons. The summed E-state index contributed by atoms with van der Waals surface area (Å²) in [7, 11) is 1.93. The molecule has 2 aromatic heterocycles. The summed E-state index contributed by atoms with van der Waals surface area (Å²) in [5.41, 5.74) is 5.06. The average Bonchev–Trinajstić information content (AvgIpc) is 3.12. The third-order valence-electron chi connectivity index (χ3n) is 4.85. The Morgan fingerprint density at radius 1 is 1.42 bits per heavy atom. The first-order chi connectivity index (χ1) is 11.6. The van der Waals surface area contributed by atoms with E-state index in [2.05, 4.69) is 16.0 Å². The van der Waals surface area contributed by atoms with E-state index in [1.807, 2.05) is 35.6 Å². The molecule has 0 spiro atoms. The maximum Gasteiger partial charge on any atom is 0.256 e. The van der Waals surface area contributed by atoms with Gasteiger partial charge in [0.1, 0.15) is 6.07 Å². The zero-order valence-corrected chi connectivity index (χ0v) is 13.6. The molecular weight excluding hydrogens is 302 g/mol.